The summed E-state index contributed by atoms with van der Waals surface area (Å²) in [4.78, 5) is 11.6. The summed E-state index contributed by atoms with van der Waals surface area (Å²) in [5, 5.41) is 12.1. The molecule has 0 aliphatic heterocycles. The van der Waals surface area contributed by atoms with E-state index in [0.29, 0.717) is 11.0 Å². The largest absolute Gasteiger partial charge is 0.444 e. The first-order valence-electron chi connectivity index (χ1n) is 6.12. The summed E-state index contributed by atoms with van der Waals surface area (Å²) in [6, 6.07) is 9.55. The summed E-state index contributed by atoms with van der Waals surface area (Å²) in [5.41, 5.74) is 0.952. The van der Waals surface area contributed by atoms with Crippen molar-refractivity contribution in [2.24, 2.45) is 0 Å². The van der Waals surface area contributed by atoms with Gasteiger partial charge in [0.25, 0.3) is 0 Å². The van der Waals surface area contributed by atoms with Gasteiger partial charge in [-0.05, 0) is 18.4 Å². The molecule has 19 heavy (non-hydrogen) atoms. The van der Waals surface area contributed by atoms with Crippen LogP contribution in [0.3, 0.4) is 0 Å². The van der Waals surface area contributed by atoms with E-state index in [4.69, 9.17) is 4.74 Å². The van der Waals surface area contributed by atoms with E-state index in [1.165, 1.54) is 24.2 Å². The topological polar surface area (TPSA) is 64.1 Å². The molecule has 6 heteroatoms. The maximum absolute atomic E-state index is 11.6. The zero-order valence-electron chi connectivity index (χ0n) is 10.2. The van der Waals surface area contributed by atoms with Crippen LogP contribution in [0.5, 0.6) is 0 Å². The normalized spacial score (nSPS) is 14.1. The van der Waals surface area contributed by atoms with Gasteiger partial charge in [0, 0.05) is 5.92 Å². The Kier molecular flexibility index (Phi) is 3.41. The quantitative estimate of drug-likeness (QED) is 0.930. The monoisotopic (exact) mass is 275 g/mol. The molecule has 2 aromatic rings. The Balaban J connectivity index is 1.50. The van der Waals surface area contributed by atoms with Gasteiger partial charge in [-0.25, -0.2) is 4.79 Å². The molecule has 0 bridgehead atoms. The van der Waals surface area contributed by atoms with Crippen LogP contribution in [-0.4, -0.2) is 16.3 Å². The molecule has 0 spiro atoms. The zero-order chi connectivity index (χ0) is 13.1. The maximum atomic E-state index is 11.6. The Labute approximate surface area is 114 Å². The second kappa shape index (κ2) is 5.36. The average Bonchev–Trinajstić information content (AvgIpc) is 3.19. The molecule has 5 nitrogen and oxygen atoms in total. The lowest BCUT2D eigenvalue weighted by Crippen LogP contribution is -2.13. The highest BCUT2D eigenvalue weighted by Crippen LogP contribution is 2.42. The van der Waals surface area contributed by atoms with Gasteiger partial charge in [-0.1, -0.05) is 41.7 Å². The first kappa shape index (κ1) is 12.1. The lowest BCUT2D eigenvalue weighted by atomic mass is 10.2. The fraction of sp³-hybridized carbons (Fsp3) is 0.308. The second-order valence-corrected chi connectivity index (χ2v) is 5.42. The molecule has 1 amide bonds. The third-order valence-electron chi connectivity index (χ3n) is 2.79. The third kappa shape index (κ3) is 3.29. The fourth-order valence-electron chi connectivity index (χ4n) is 1.63. The van der Waals surface area contributed by atoms with Crippen molar-refractivity contribution in [2.45, 2.75) is 25.4 Å². The van der Waals surface area contributed by atoms with Crippen LogP contribution in [0, 0.1) is 0 Å². The van der Waals surface area contributed by atoms with Crippen molar-refractivity contribution in [2.75, 3.05) is 5.32 Å². The molecule has 1 aromatic heterocycles. The Morgan fingerprint density at radius 2 is 2.11 bits per heavy atom. The minimum absolute atomic E-state index is 0.251. The van der Waals surface area contributed by atoms with Gasteiger partial charge in [0.05, 0.1) is 0 Å². The highest BCUT2D eigenvalue weighted by molar-refractivity contribution is 7.15. The number of hydrogen-bond acceptors (Lipinski definition) is 5. The Hall–Kier alpha value is -1.95. The number of benzene rings is 1. The van der Waals surface area contributed by atoms with Crippen LogP contribution in [0.15, 0.2) is 30.3 Å². The molecule has 0 atom stereocenters. The van der Waals surface area contributed by atoms with Crippen molar-refractivity contribution in [3.8, 4) is 0 Å². The lowest BCUT2D eigenvalue weighted by Gasteiger charge is -2.04. The number of amides is 1. The summed E-state index contributed by atoms with van der Waals surface area (Å²) in [7, 11) is 0. The van der Waals surface area contributed by atoms with Gasteiger partial charge >= 0.3 is 6.09 Å². The lowest BCUT2D eigenvalue weighted by molar-refractivity contribution is 0.155. The van der Waals surface area contributed by atoms with Crippen LogP contribution in [-0.2, 0) is 11.3 Å². The Bertz CT molecular complexity index is 566. The Morgan fingerprint density at radius 1 is 1.32 bits per heavy atom. The van der Waals surface area contributed by atoms with E-state index in [9.17, 15) is 4.79 Å². The molecular weight excluding hydrogens is 262 g/mol. The Morgan fingerprint density at radius 3 is 2.84 bits per heavy atom. The highest BCUT2D eigenvalue weighted by Gasteiger charge is 2.27. The number of anilines is 1. The molecule has 1 aliphatic carbocycles. The van der Waals surface area contributed by atoms with Crippen LogP contribution in [0.2, 0.25) is 0 Å². The van der Waals surface area contributed by atoms with E-state index in [1.54, 1.807) is 0 Å². The molecule has 1 fully saturated rings. The summed E-state index contributed by atoms with van der Waals surface area (Å²) < 4.78 is 5.11. The SMILES string of the molecule is O=C(Nc1nnc(C2CC2)s1)OCc1ccccc1. The number of hydrogen-bond donors (Lipinski definition) is 1. The van der Waals surface area contributed by atoms with Gasteiger partial charge in [-0.15, -0.1) is 10.2 Å². The summed E-state index contributed by atoms with van der Waals surface area (Å²) >= 11 is 1.42. The van der Waals surface area contributed by atoms with Gasteiger partial charge in [-0.2, -0.15) is 0 Å². The third-order valence-corrected chi connectivity index (χ3v) is 3.79. The minimum Gasteiger partial charge on any atom is -0.444 e. The van der Waals surface area contributed by atoms with E-state index in [-0.39, 0.29) is 6.61 Å². The van der Waals surface area contributed by atoms with E-state index in [1.807, 2.05) is 30.3 Å². The zero-order valence-corrected chi connectivity index (χ0v) is 11.0. The fourth-order valence-corrected chi connectivity index (χ4v) is 2.52. The van der Waals surface area contributed by atoms with Gasteiger partial charge in [-0.3, -0.25) is 5.32 Å². The molecule has 1 N–H and O–H groups in total. The maximum Gasteiger partial charge on any atom is 0.413 e. The standard InChI is InChI=1S/C13H13N3O2S/c17-13(18-8-9-4-2-1-3-5-9)14-12-16-15-11(19-12)10-6-7-10/h1-5,10H,6-8H2,(H,14,16,17). The van der Waals surface area contributed by atoms with Crippen molar-refractivity contribution in [3.05, 3.63) is 40.9 Å². The predicted octanol–water partition coefficient (Wildman–Crippen LogP) is 3.16. The molecule has 1 aliphatic rings. The summed E-state index contributed by atoms with van der Waals surface area (Å²) in [5.74, 6) is 0.549. The molecule has 0 saturated heterocycles. The van der Waals surface area contributed by atoms with E-state index < -0.39 is 6.09 Å². The molecule has 1 saturated carbocycles. The smallest absolute Gasteiger partial charge is 0.413 e. The molecule has 98 valence electrons. The number of carbonyl (C=O) groups is 1. The highest BCUT2D eigenvalue weighted by atomic mass is 32.1. The second-order valence-electron chi connectivity index (χ2n) is 4.41. The molecule has 1 heterocycles. The molecule has 3 rings (SSSR count). The van der Waals surface area contributed by atoms with Gasteiger partial charge < -0.3 is 4.74 Å². The number of carbonyl (C=O) groups excluding carboxylic acids is 1. The number of ether oxygens (including phenoxy) is 1. The first-order valence-corrected chi connectivity index (χ1v) is 6.94. The average molecular weight is 275 g/mol. The molecule has 0 unspecified atom stereocenters. The number of rotatable bonds is 4. The van der Waals surface area contributed by atoms with Crippen molar-refractivity contribution >= 4 is 22.6 Å². The van der Waals surface area contributed by atoms with Crippen LogP contribution < -0.4 is 5.32 Å². The minimum atomic E-state index is -0.498. The van der Waals surface area contributed by atoms with Crippen molar-refractivity contribution in [1.29, 1.82) is 0 Å². The molecule has 1 aromatic carbocycles. The van der Waals surface area contributed by atoms with Crippen LogP contribution >= 0.6 is 11.3 Å². The van der Waals surface area contributed by atoms with Gasteiger partial charge in [0.15, 0.2) is 0 Å². The van der Waals surface area contributed by atoms with E-state index >= 15 is 0 Å². The van der Waals surface area contributed by atoms with E-state index in [2.05, 4.69) is 15.5 Å². The summed E-state index contributed by atoms with van der Waals surface area (Å²) in [6.07, 6.45) is 1.85. The number of nitrogens with one attached hydrogen (secondary N) is 1. The van der Waals surface area contributed by atoms with Crippen LogP contribution in [0.1, 0.15) is 29.3 Å². The van der Waals surface area contributed by atoms with Gasteiger partial charge in [0.2, 0.25) is 5.13 Å². The summed E-state index contributed by atoms with van der Waals surface area (Å²) in [6.45, 7) is 0.251. The van der Waals surface area contributed by atoms with Gasteiger partial charge in [0.1, 0.15) is 11.6 Å². The number of aromatic nitrogens is 2. The van der Waals surface area contributed by atoms with E-state index in [0.717, 1.165) is 10.6 Å². The molecule has 0 radical (unpaired) electrons. The van der Waals surface area contributed by atoms with Crippen molar-refractivity contribution in [3.63, 3.8) is 0 Å². The predicted molar refractivity (Wildman–Crippen MR) is 72.1 cm³/mol. The van der Waals surface area contributed by atoms with Crippen LogP contribution in [0.25, 0.3) is 0 Å². The van der Waals surface area contributed by atoms with Crippen molar-refractivity contribution in [1.82, 2.24) is 10.2 Å². The first-order chi connectivity index (χ1) is 9.31. The van der Waals surface area contributed by atoms with Crippen LogP contribution in [0.4, 0.5) is 9.93 Å². The molecular formula is C13H13N3O2S. The van der Waals surface area contributed by atoms with Crippen molar-refractivity contribution < 1.29 is 9.53 Å². The number of nitrogens with zero attached hydrogens (tertiary/aromatic N) is 2.